The number of alkyl carbamates (subject to hydrolysis) is 1. The van der Waals surface area contributed by atoms with Crippen molar-refractivity contribution in [2.24, 2.45) is 0 Å². The first-order valence-electron chi connectivity index (χ1n) is 11.9. The summed E-state index contributed by atoms with van der Waals surface area (Å²) in [7, 11) is 0. The molecule has 0 heterocycles. The molecule has 3 N–H and O–H groups in total. The van der Waals surface area contributed by atoms with Crippen LogP contribution in [0.3, 0.4) is 0 Å². The Bertz CT molecular complexity index is 1210. The normalized spacial score (nSPS) is 12.8. The molecule has 4 rings (SSSR count). The minimum absolute atomic E-state index is 0.0932. The molecule has 0 spiro atoms. The molecular formula is C28H29N3O5. The molecule has 36 heavy (non-hydrogen) atoms. The SMILES string of the molecule is CCN(C(=O)Nc1ccc(CO)cc1)C(=O)[C@H](C)NC(=O)OCC1c2ccccc2-c2ccccc21. The maximum absolute atomic E-state index is 12.9. The van der Waals surface area contributed by atoms with Crippen molar-refractivity contribution in [3.05, 3.63) is 89.5 Å². The van der Waals surface area contributed by atoms with Gasteiger partial charge in [-0.1, -0.05) is 60.7 Å². The number of rotatable bonds is 7. The second-order valence-corrected chi connectivity index (χ2v) is 8.56. The minimum atomic E-state index is -0.969. The maximum Gasteiger partial charge on any atom is 0.407 e. The molecule has 0 saturated carbocycles. The highest BCUT2D eigenvalue weighted by Crippen LogP contribution is 2.44. The fourth-order valence-corrected chi connectivity index (χ4v) is 4.40. The molecule has 8 heteroatoms. The summed E-state index contributed by atoms with van der Waals surface area (Å²) in [6.07, 6.45) is -0.728. The number of ether oxygens (including phenoxy) is 1. The van der Waals surface area contributed by atoms with Gasteiger partial charge in [0.2, 0.25) is 0 Å². The lowest BCUT2D eigenvalue weighted by atomic mass is 9.98. The number of hydrogen-bond donors (Lipinski definition) is 3. The van der Waals surface area contributed by atoms with Gasteiger partial charge in [0.1, 0.15) is 12.6 Å². The number of anilines is 1. The van der Waals surface area contributed by atoms with Gasteiger partial charge >= 0.3 is 12.1 Å². The molecule has 8 nitrogen and oxygen atoms in total. The number of nitrogens with one attached hydrogen (secondary N) is 2. The Labute approximate surface area is 209 Å². The van der Waals surface area contributed by atoms with Crippen LogP contribution >= 0.6 is 0 Å². The summed E-state index contributed by atoms with van der Waals surface area (Å²) in [6.45, 7) is 3.33. The molecule has 0 saturated heterocycles. The lowest BCUT2D eigenvalue weighted by Crippen LogP contribution is -2.50. The van der Waals surface area contributed by atoms with E-state index >= 15 is 0 Å². The van der Waals surface area contributed by atoms with Gasteiger partial charge in [0.25, 0.3) is 5.91 Å². The Morgan fingerprint density at radius 1 is 0.944 bits per heavy atom. The first-order chi connectivity index (χ1) is 17.4. The Balaban J connectivity index is 1.34. The number of hydrogen-bond acceptors (Lipinski definition) is 5. The summed E-state index contributed by atoms with van der Waals surface area (Å²) in [4.78, 5) is 39.1. The van der Waals surface area contributed by atoms with Crippen molar-refractivity contribution in [3.8, 4) is 11.1 Å². The highest BCUT2D eigenvalue weighted by molar-refractivity contribution is 6.03. The predicted octanol–water partition coefficient (Wildman–Crippen LogP) is 4.49. The fraction of sp³-hybridized carbons (Fsp3) is 0.250. The number of aliphatic hydroxyl groups excluding tert-OH is 1. The number of fused-ring (bicyclic) bond motifs is 3. The molecule has 0 radical (unpaired) electrons. The van der Waals surface area contributed by atoms with Crippen LogP contribution in [-0.4, -0.2) is 47.2 Å². The van der Waals surface area contributed by atoms with Crippen molar-refractivity contribution >= 4 is 23.7 Å². The van der Waals surface area contributed by atoms with E-state index in [4.69, 9.17) is 9.84 Å². The summed E-state index contributed by atoms with van der Waals surface area (Å²) >= 11 is 0. The highest BCUT2D eigenvalue weighted by Gasteiger charge is 2.30. The number of likely N-dealkylation sites (N-methyl/N-ethyl adjacent to an activating group) is 1. The molecule has 186 valence electrons. The fourth-order valence-electron chi connectivity index (χ4n) is 4.40. The average Bonchev–Trinajstić information content (AvgIpc) is 3.22. The molecular weight excluding hydrogens is 458 g/mol. The number of amides is 4. The smallest absolute Gasteiger partial charge is 0.407 e. The minimum Gasteiger partial charge on any atom is -0.449 e. The van der Waals surface area contributed by atoms with Crippen LogP contribution in [0.4, 0.5) is 15.3 Å². The molecule has 0 unspecified atom stereocenters. The van der Waals surface area contributed by atoms with Crippen molar-refractivity contribution in [1.29, 1.82) is 0 Å². The zero-order valence-electron chi connectivity index (χ0n) is 20.2. The number of benzene rings is 3. The zero-order chi connectivity index (χ0) is 25.7. The molecule has 1 aliphatic rings. The van der Waals surface area contributed by atoms with Gasteiger partial charge in [0, 0.05) is 18.2 Å². The van der Waals surface area contributed by atoms with Crippen LogP contribution < -0.4 is 10.6 Å². The third kappa shape index (κ3) is 5.23. The van der Waals surface area contributed by atoms with Gasteiger partial charge in [-0.3, -0.25) is 9.69 Å². The van der Waals surface area contributed by atoms with Gasteiger partial charge in [-0.15, -0.1) is 0 Å². The molecule has 4 amide bonds. The monoisotopic (exact) mass is 487 g/mol. The van der Waals surface area contributed by atoms with Crippen molar-refractivity contribution in [2.45, 2.75) is 32.4 Å². The summed E-state index contributed by atoms with van der Waals surface area (Å²) < 4.78 is 5.51. The number of urea groups is 1. The quantitative estimate of drug-likeness (QED) is 0.455. The van der Waals surface area contributed by atoms with Crippen LogP contribution in [-0.2, 0) is 16.1 Å². The lowest BCUT2D eigenvalue weighted by molar-refractivity contribution is -0.129. The van der Waals surface area contributed by atoms with Crippen molar-refractivity contribution in [1.82, 2.24) is 10.2 Å². The van der Waals surface area contributed by atoms with E-state index < -0.39 is 24.1 Å². The number of carbonyl (C=O) groups excluding carboxylic acids is 3. The lowest BCUT2D eigenvalue weighted by Gasteiger charge is -2.24. The van der Waals surface area contributed by atoms with Crippen molar-refractivity contribution < 1.29 is 24.2 Å². The molecule has 0 fully saturated rings. The zero-order valence-corrected chi connectivity index (χ0v) is 20.2. The van der Waals surface area contributed by atoms with Gasteiger partial charge in [-0.05, 0) is 53.8 Å². The molecule has 1 aliphatic carbocycles. The van der Waals surface area contributed by atoms with E-state index in [-0.39, 0.29) is 25.7 Å². The number of aliphatic hydroxyl groups is 1. The Morgan fingerprint density at radius 3 is 2.08 bits per heavy atom. The highest BCUT2D eigenvalue weighted by atomic mass is 16.5. The first-order valence-corrected chi connectivity index (χ1v) is 11.9. The van der Waals surface area contributed by atoms with Gasteiger partial charge in [-0.25, -0.2) is 9.59 Å². The molecule has 0 aromatic heterocycles. The number of nitrogens with zero attached hydrogens (tertiary/aromatic N) is 1. The van der Waals surface area contributed by atoms with Gasteiger partial charge in [0.05, 0.1) is 6.61 Å². The van der Waals surface area contributed by atoms with Crippen LogP contribution in [0.25, 0.3) is 11.1 Å². The molecule has 1 atom stereocenters. The summed E-state index contributed by atoms with van der Waals surface area (Å²) in [6, 6.07) is 21.1. The van der Waals surface area contributed by atoms with Crippen LogP contribution in [0.2, 0.25) is 0 Å². The molecule has 0 aliphatic heterocycles. The van der Waals surface area contributed by atoms with Crippen LogP contribution in [0, 0.1) is 0 Å². The van der Waals surface area contributed by atoms with Gasteiger partial charge in [-0.2, -0.15) is 0 Å². The largest absolute Gasteiger partial charge is 0.449 e. The third-order valence-corrected chi connectivity index (χ3v) is 6.26. The molecule has 0 bridgehead atoms. The third-order valence-electron chi connectivity index (χ3n) is 6.26. The standard InChI is InChI=1S/C28H29N3O5/c1-3-31(27(34)30-20-14-12-19(16-32)13-15-20)26(33)18(2)29-28(35)36-17-25-23-10-6-4-8-21(23)22-9-5-7-11-24(22)25/h4-15,18,25,32H,3,16-17H2,1-2H3,(H,29,35)(H,30,34)/t18-/m0/s1. The number of imide groups is 1. The second-order valence-electron chi connectivity index (χ2n) is 8.56. The second kappa shape index (κ2) is 11.0. The van der Waals surface area contributed by atoms with E-state index in [2.05, 4.69) is 22.8 Å². The van der Waals surface area contributed by atoms with Crippen molar-refractivity contribution in [3.63, 3.8) is 0 Å². The van der Waals surface area contributed by atoms with Gasteiger partial charge < -0.3 is 20.5 Å². The van der Waals surface area contributed by atoms with Crippen molar-refractivity contribution in [2.75, 3.05) is 18.5 Å². The summed E-state index contributed by atoms with van der Waals surface area (Å²) in [5, 5.41) is 14.3. The van der Waals surface area contributed by atoms with E-state index in [0.717, 1.165) is 27.2 Å². The summed E-state index contributed by atoms with van der Waals surface area (Å²) in [5.74, 6) is -0.653. The average molecular weight is 488 g/mol. The summed E-state index contributed by atoms with van der Waals surface area (Å²) in [5.41, 5.74) is 5.63. The Morgan fingerprint density at radius 2 is 1.53 bits per heavy atom. The first kappa shape index (κ1) is 24.9. The van der Waals surface area contributed by atoms with E-state index in [1.807, 2.05) is 36.4 Å². The van der Waals surface area contributed by atoms with E-state index in [1.165, 1.54) is 6.92 Å². The van der Waals surface area contributed by atoms with E-state index in [1.54, 1.807) is 31.2 Å². The molecule has 3 aromatic carbocycles. The Hall–Kier alpha value is -4.17. The molecule has 3 aromatic rings. The topological polar surface area (TPSA) is 108 Å². The van der Waals surface area contributed by atoms with Crippen LogP contribution in [0.15, 0.2) is 72.8 Å². The maximum atomic E-state index is 12.9. The van der Waals surface area contributed by atoms with E-state index in [9.17, 15) is 14.4 Å². The van der Waals surface area contributed by atoms with E-state index in [0.29, 0.717) is 11.3 Å². The number of carbonyl (C=O) groups is 3. The van der Waals surface area contributed by atoms with Crippen LogP contribution in [0.5, 0.6) is 0 Å². The Kier molecular flexibility index (Phi) is 7.65. The van der Waals surface area contributed by atoms with Crippen LogP contribution in [0.1, 0.15) is 36.5 Å². The van der Waals surface area contributed by atoms with Gasteiger partial charge in [0.15, 0.2) is 0 Å². The predicted molar refractivity (Wildman–Crippen MR) is 136 cm³/mol.